The Labute approximate surface area is 132 Å². The van der Waals surface area contributed by atoms with E-state index in [2.05, 4.69) is 26.8 Å². The van der Waals surface area contributed by atoms with Gasteiger partial charge >= 0.3 is 0 Å². The molecule has 0 saturated heterocycles. The first-order valence-electron chi connectivity index (χ1n) is 4.63. The molecular weight excluding hydrogens is 327 g/mol. The number of rotatable bonds is 2. The van der Waals surface area contributed by atoms with Crippen LogP contribution in [0.25, 0.3) is 0 Å². The van der Waals surface area contributed by atoms with Crippen molar-refractivity contribution in [2.75, 3.05) is 11.0 Å². The van der Waals surface area contributed by atoms with E-state index in [1.54, 1.807) is 36.7 Å². The van der Waals surface area contributed by atoms with Crippen LogP contribution in [0.5, 0.6) is 0 Å². The van der Waals surface area contributed by atoms with Crippen LogP contribution in [-0.4, -0.2) is 24.6 Å². The molecule has 18 heavy (non-hydrogen) atoms. The molecular formula is C11H11N3O2SY-2. The molecule has 1 N–H and O–H groups in total. The average molecular weight is 338 g/mol. The summed E-state index contributed by atoms with van der Waals surface area (Å²) in [5.41, 5.74) is 0.468. The van der Waals surface area contributed by atoms with Gasteiger partial charge in [-0.05, 0) is 0 Å². The van der Waals surface area contributed by atoms with Crippen LogP contribution in [0.3, 0.4) is 0 Å². The summed E-state index contributed by atoms with van der Waals surface area (Å²) < 4.78 is 23.6. The number of anilines is 1. The summed E-state index contributed by atoms with van der Waals surface area (Å²) in [5, 5.41) is 0. The van der Waals surface area contributed by atoms with E-state index in [0.717, 1.165) is 6.26 Å². The summed E-state index contributed by atoms with van der Waals surface area (Å²) in [5.74, 6) is 0. The van der Waals surface area contributed by atoms with Gasteiger partial charge in [-0.15, -0.1) is 18.5 Å². The van der Waals surface area contributed by atoms with Gasteiger partial charge in [0.2, 0.25) is 10.0 Å². The standard InChI is InChI=1S/C7H8NO2S.C4H3N2.Y/c1-11(9,10)8-7-5-3-2-4-6-7;1-2-5-4-6-3-1;/h2-5,8H,1H3;2-4H;/q2*-1;. The van der Waals surface area contributed by atoms with E-state index in [1.165, 1.54) is 6.33 Å². The van der Waals surface area contributed by atoms with Crippen LogP contribution in [0.1, 0.15) is 0 Å². The summed E-state index contributed by atoms with van der Waals surface area (Å²) in [6, 6.07) is 12.2. The van der Waals surface area contributed by atoms with Gasteiger partial charge in [0.25, 0.3) is 0 Å². The Morgan fingerprint density at radius 3 is 2.22 bits per heavy atom. The largest absolute Gasteiger partial charge is 0.434 e. The predicted molar refractivity (Wildman–Crippen MR) is 64.6 cm³/mol. The smallest absolute Gasteiger partial charge is 0.227 e. The number of hydrogen-bond donors (Lipinski definition) is 1. The second kappa shape index (κ2) is 9.13. The van der Waals surface area contributed by atoms with Crippen LogP contribution in [0.4, 0.5) is 5.69 Å². The minimum absolute atomic E-state index is 0. The summed E-state index contributed by atoms with van der Waals surface area (Å²) in [6.07, 6.45) is 5.70. The number of hydrogen-bond acceptors (Lipinski definition) is 4. The van der Waals surface area contributed by atoms with E-state index in [9.17, 15) is 8.42 Å². The Morgan fingerprint density at radius 2 is 1.89 bits per heavy atom. The molecule has 0 aliphatic carbocycles. The summed E-state index contributed by atoms with van der Waals surface area (Å²) >= 11 is 0. The van der Waals surface area contributed by atoms with E-state index in [1.807, 2.05) is 0 Å². The molecule has 0 saturated carbocycles. The Kier molecular flexibility index (Phi) is 8.70. The summed E-state index contributed by atoms with van der Waals surface area (Å²) in [6.45, 7) is 0. The predicted octanol–water partition coefficient (Wildman–Crippen LogP) is 1.13. The maximum atomic E-state index is 10.7. The van der Waals surface area contributed by atoms with Gasteiger partial charge in [-0.25, -0.2) is 8.42 Å². The van der Waals surface area contributed by atoms with E-state index in [4.69, 9.17) is 0 Å². The molecule has 0 atom stereocenters. The Balaban J connectivity index is 0.000000352. The molecule has 0 aliphatic rings. The van der Waals surface area contributed by atoms with Gasteiger partial charge in [0.1, 0.15) is 6.33 Å². The molecule has 0 amide bonds. The molecule has 7 heteroatoms. The average Bonchev–Trinajstić information content (AvgIpc) is 2.31. The molecule has 0 aliphatic heterocycles. The van der Waals surface area contributed by atoms with Crippen molar-refractivity contribution in [2.45, 2.75) is 0 Å². The fourth-order valence-electron chi connectivity index (χ4n) is 0.881. The van der Waals surface area contributed by atoms with Crippen molar-refractivity contribution in [1.82, 2.24) is 9.97 Å². The van der Waals surface area contributed by atoms with Gasteiger partial charge in [-0.2, -0.15) is 24.3 Å². The van der Waals surface area contributed by atoms with Crippen LogP contribution in [0.15, 0.2) is 43.0 Å². The zero-order valence-electron chi connectivity index (χ0n) is 9.74. The first kappa shape index (κ1) is 17.2. The number of nitrogens with one attached hydrogen (secondary N) is 1. The molecule has 1 radical (unpaired) electrons. The minimum atomic E-state index is -3.16. The topological polar surface area (TPSA) is 72.0 Å². The van der Waals surface area contributed by atoms with Crippen LogP contribution < -0.4 is 4.72 Å². The first-order valence-corrected chi connectivity index (χ1v) is 6.52. The third-order valence-corrected chi connectivity index (χ3v) is 2.03. The number of sulfonamides is 1. The second-order valence-corrected chi connectivity index (χ2v) is 4.74. The van der Waals surface area contributed by atoms with Crippen LogP contribution in [-0.2, 0) is 42.7 Å². The molecule has 0 spiro atoms. The first-order chi connectivity index (χ1) is 8.08. The number of benzene rings is 1. The maximum absolute atomic E-state index is 10.7. The molecule has 1 heterocycles. The van der Waals surface area contributed by atoms with Crippen molar-refractivity contribution in [3.05, 3.63) is 55.1 Å². The molecule has 2 rings (SSSR count). The van der Waals surface area contributed by atoms with Gasteiger partial charge in [0, 0.05) is 32.7 Å². The Bertz CT molecular complexity index is 494. The third-order valence-electron chi connectivity index (χ3n) is 1.44. The fourth-order valence-corrected chi connectivity index (χ4v) is 1.41. The van der Waals surface area contributed by atoms with Gasteiger partial charge in [-0.1, -0.05) is 5.69 Å². The van der Waals surface area contributed by atoms with E-state index in [0.29, 0.717) is 5.69 Å². The molecule has 2 aromatic rings. The minimum Gasteiger partial charge on any atom is -0.434 e. The van der Waals surface area contributed by atoms with Crippen molar-refractivity contribution in [2.24, 2.45) is 0 Å². The summed E-state index contributed by atoms with van der Waals surface area (Å²) in [7, 11) is -3.16. The van der Waals surface area contributed by atoms with Crippen molar-refractivity contribution in [3.63, 3.8) is 0 Å². The maximum Gasteiger partial charge on any atom is 0.227 e. The molecule has 1 aromatic carbocycles. The SMILES string of the molecule is CS(=O)(=O)Nc1[c-]cccc1.[Y].[c-]1cncnc1. The number of nitrogens with zero attached hydrogens (tertiary/aromatic N) is 2. The van der Waals surface area contributed by atoms with Crippen LogP contribution in [0.2, 0.25) is 0 Å². The van der Waals surface area contributed by atoms with E-state index in [-0.39, 0.29) is 32.7 Å². The molecule has 5 nitrogen and oxygen atoms in total. The monoisotopic (exact) mass is 338 g/mol. The number of aromatic nitrogens is 2. The van der Waals surface area contributed by atoms with Crippen molar-refractivity contribution < 1.29 is 41.1 Å². The van der Waals surface area contributed by atoms with Gasteiger partial charge < -0.3 is 10.8 Å². The number of para-hydroxylation sites is 1. The fraction of sp³-hybridized carbons (Fsp3) is 0.0909. The molecule has 0 fully saturated rings. The molecule has 93 valence electrons. The van der Waals surface area contributed by atoms with E-state index < -0.39 is 10.0 Å². The quantitative estimate of drug-likeness (QED) is 0.834. The zero-order chi connectivity index (χ0) is 12.6. The van der Waals surface area contributed by atoms with Gasteiger partial charge in [0.05, 0.1) is 6.26 Å². The van der Waals surface area contributed by atoms with Crippen LogP contribution >= 0.6 is 0 Å². The third kappa shape index (κ3) is 9.21. The zero-order valence-corrected chi connectivity index (χ0v) is 13.4. The van der Waals surface area contributed by atoms with E-state index >= 15 is 0 Å². The molecule has 0 unspecified atom stereocenters. The normalized spacial score (nSPS) is 9.39. The van der Waals surface area contributed by atoms with Crippen molar-refractivity contribution in [3.8, 4) is 0 Å². The van der Waals surface area contributed by atoms with Crippen molar-refractivity contribution >= 4 is 15.7 Å². The van der Waals surface area contributed by atoms with Crippen LogP contribution in [0, 0.1) is 12.1 Å². The summed E-state index contributed by atoms with van der Waals surface area (Å²) in [4.78, 5) is 7.24. The van der Waals surface area contributed by atoms with Gasteiger partial charge in [-0.3, -0.25) is 9.97 Å². The molecule has 0 bridgehead atoms. The second-order valence-electron chi connectivity index (χ2n) is 2.99. The van der Waals surface area contributed by atoms with Gasteiger partial charge in [0.15, 0.2) is 0 Å². The molecule has 1 aromatic heterocycles. The van der Waals surface area contributed by atoms with Crippen molar-refractivity contribution in [1.29, 1.82) is 0 Å². The Hall–Kier alpha value is -0.846. The Morgan fingerprint density at radius 1 is 1.22 bits per heavy atom.